The molecule has 0 radical (unpaired) electrons. The molecule has 1 saturated heterocycles. The number of carbonyl (C=O) groups excluding carboxylic acids is 1. The molecule has 0 unspecified atom stereocenters. The summed E-state index contributed by atoms with van der Waals surface area (Å²) in [4.78, 5) is 25.4. The number of likely N-dealkylation sites (tertiary alicyclic amines) is 1. The Hall–Kier alpha value is -2.08. The lowest BCUT2D eigenvalue weighted by molar-refractivity contribution is -0.122. The highest BCUT2D eigenvalue weighted by atomic mass is 16.5. The summed E-state index contributed by atoms with van der Waals surface area (Å²) in [6, 6.07) is 7.92. The van der Waals surface area contributed by atoms with Gasteiger partial charge in [0.25, 0.3) is 12.4 Å². The lowest BCUT2D eigenvalue weighted by Crippen LogP contribution is -2.49. The summed E-state index contributed by atoms with van der Waals surface area (Å²) >= 11 is 0. The summed E-state index contributed by atoms with van der Waals surface area (Å²) in [7, 11) is 5.82. The molecule has 1 saturated carbocycles. The molecule has 144 valence electrons. The number of piperidine rings is 1. The van der Waals surface area contributed by atoms with Crippen LogP contribution in [0.15, 0.2) is 24.3 Å². The van der Waals surface area contributed by atoms with E-state index in [-0.39, 0.29) is 17.8 Å². The zero-order valence-electron chi connectivity index (χ0n) is 16.0. The lowest BCUT2D eigenvalue weighted by atomic mass is 9.76. The predicted octanol–water partition coefficient (Wildman–Crippen LogP) is 2.87. The van der Waals surface area contributed by atoms with Gasteiger partial charge in [0.05, 0.1) is 6.10 Å². The number of nitrogens with zero attached hydrogens (tertiary/aromatic N) is 2. The van der Waals surface area contributed by atoms with E-state index in [1.807, 2.05) is 50.4 Å². The van der Waals surface area contributed by atoms with Gasteiger partial charge in [0.15, 0.2) is 0 Å². The monoisotopic (exact) mass is 362 g/mol. The quantitative estimate of drug-likeness (QED) is 0.837. The molecule has 1 aromatic rings. The maximum absolute atomic E-state index is 13.0. The van der Waals surface area contributed by atoms with Crippen molar-refractivity contribution in [3.05, 3.63) is 29.8 Å². The molecule has 1 aliphatic carbocycles. The number of amides is 1. The van der Waals surface area contributed by atoms with Gasteiger partial charge in [0.2, 0.25) is 0 Å². The molecule has 0 aromatic heterocycles. The molecule has 6 nitrogen and oxygen atoms in total. The summed E-state index contributed by atoms with van der Waals surface area (Å²) in [5, 5.41) is 6.89. The van der Waals surface area contributed by atoms with Crippen LogP contribution in [0.3, 0.4) is 0 Å². The summed E-state index contributed by atoms with van der Waals surface area (Å²) in [6.45, 7) is 1.46. The Morgan fingerprint density at radius 3 is 2.69 bits per heavy atom. The Bertz CT molecular complexity index is 620. The molecule has 2 fully saturated rings. The summed E-state index contributed by atoms with van der Waals surface area (Å²) in [5.41, 5.74) is 2.04. The van der Waals surface area contributed by atoms with E-state index in [9.17, 15) is 4.79 Å². The summed E-state index contributed by atoms with van der Waals surface area (Å²) in [5.74, 6) is 0.162. The maximum atomic E-state index is 13.0. The molecule has 1 N–H and O–H groups in total. The van der Waals surface area contributed by atoms with E-state index < -0.39 is 0 Å². The largest absolute Gasteiger partial charge is 0.483 e. The van der Waals surface area contributed by atoms with E-state index in [2.05, 4.69) is 4.90 Å². The second kappa shape index (κ2) is 9.03. The number of benzene rings is 1. The van der Waals surface area contributed by atoms with Gasteiger partial charge < -0.3 is 19.6 Å². The average molecular weight is 362 g/mol. The van der Waals surface area contributed by atoms with Crippen molar-refractivity contribution in [2.75, 3.05) is 39.2 Å². The Morgan fingerprint density at radius 1 is 1.35 bits per heavy atom. The number of anilines is 1. The third-order valence-corrected chi connectivity index (χ3v) is 5.61. The van der Waals surface area contributed by atoms with Crippen molar-refractivity contribution >= 4 is 18.1 Å². The van der Waals surface area contributed by atoms with E-state index in [4.69, 9.17) is 14.6 Å². The van der Waals surface area contributed by atoms with E-state index in [0.29, 0.717) is 6.10 Å². The molecule has 2 atom stereocenters. The normalized spacial score (nSPS) is 24.7. The standard InChI is InChI=1S/C19H28N2O2.CH2O2/c1-20(2)16-8-4-7-15(13-16)18(22)21-12-6-11-19(14-21)10-5-9-17(19)23-3;2-1-3/h4,7-8,13,17H,5-6,9-12,14H2,1-3H3;1H,(H,2,3)/t17-,19+;/m1./s1. The Labute approximate surface area is 155 Å². The van der Waals surface area contributed by atoms with E-state index in [1.54, 1.807) is 0 Å². The summed E-state index contributed by atoms with van der Waals surface area (Å²) in [6.07, 6.45) is 6.12. The van der Waals surface area contributed by atoms with Crippen LogP contribution in [0.2, 0.25) is 0 Å². The third-order valence-electron chi connectivity index (χ3n) is 5.61. The number of hydrogen-bond donors (Lipinski definition) is 1. The molecule has 1 amide bonds. The van der Waals surface area contributed by atoms with Crippen molar-refractivity contribution in [2.24, 2.45) is 5.41 Å². The minimum Gasteiger partial charge on any atom is -0.483 e. The van der Waals surface area contributed by atoms with Crippen LogP contribution in [0, 0.1) is 5.41 Å². The van der Waals surface area contributed by atoms with Crippen LogP contribution in [0.5, 0.6) is 0 Å². The van der Waals surface area contributed by atoms with Gasteiger partial charge in [-0.3, -0.25) is 9.59 Å². The molecule has 0 bridgehead atoms. The van der Waals surface area contributed by atoms with Crippen LogP contribution in [-0.2, 0) is 9.53 Å². The fourth-order valence-corrected chi connectivity index (χ4v) is 4.37. The number of ether oxygens (including phenoxy) is 1. The highest BCUT2D eigenvalue weighted by molar-refractivity contribution is 5.95. The molecule has 1 spiro atoms. The molecule has 1 aromatic carbocycles. The Kier molecular flexibility index (Phi) is 7.03. The molecule has 26 heavy (non-hydrogen) atoms. The molecular formula is C20H30N2O4. The first kappa shape index (κ1) is 20.2. The van der Waals surface area contributed by atoms with Gasteiger partial charge >= 0.3 is 0 Å². The van der Waals surface area contributed by atoms with Crippen LogP contribution in [0.4, 0.5) is 5.69 Å². The van der Waals surface area contributed by atoms with Crippen molar-refractivity contribution in [2.45, 2.75) is 38.2 Å². The van der Waals surface area contributed by atoms with Crippen LogP contribution in [0.25, 0.3) is 0 Å². The van der Waals surface area contributed by atoms with Gasteiger partial charge in [-0.15, -0.1) is 0 Å². The smallest absolute Gasteiger partial charge is 0.290 e. The molecule has 2 aliphatic rings. The van der Waals surface area contributed by atoms with Crippen molar-refractivity contribution in [3.8, 4) is 0 Å². The van der Waals surface area contributed by atoms with E-state index >= 15 is 0 Å². The molecular weight excluding hydrogens is 332 g/mol. The Morgan fingerprint density at radius 2 is 2.04 bits per heavy atom. The molecule has 3 rings (SSSR count). The average Bonchev–Trinajstić information content (AvgIpc) is 3.03. The first-order valence-electron chi connectivity index (χ1n) is 9.15. The van der Waals surface area contributed by atoms with E-state index in [1.165, 1.54) is 19.3 Å². The second-order valence-electron chi connectivity index (χ2n) is 7.36. The first-order chi connectivity index (χ1) is 12.5. The fraction of sp³-hybridized carbons (Fsp3) is 0.600. The topological polar surface area (TPSA) is 70.1 Å². The van der Waals surface area contributed by atoms with Crippen LogP contribution in [-0.4, -0.2) is 62.8 Å². The van der Waals surface area contributed by atoms with Gasteiger partial charge in [-0.05, 0) is 43.9 Å². The zero-order valence-corrected chi connectivity index (χ0v) is 16.0. The zero-order chi connectivity index (χ0) is 19.2. The minimum atomic E-state index is -0.250. The number of carboxylic acid groups (broad SMARTS) is 1. The Balaban J connectivity index is 0.000000758. The van der Waals surface area contributed by atoms with Crippen LogP contribution >= 0.6 is 0 Å². The lowest BCUT2D eigenvalue weighted by Gasteiger charge is -2.43. The van der Waals surface area contributed by atoms with Crippen molar-refractivity contribution in [3.63, 3.8) is 0 Å². The highest BCUT2D eigenvalue weighted by Crippen LogP contribution is 2.46. The number of methoxy groups -OCH3 is 1. The number of rotatable bonds is 3. The number of hydrogen-bond acceptors (Lipinski definition) is 4. The summed E-state index contributed by atoms with van der Waals surface area (Å²) < 4.78 is 5.74. The molecule has 1 heterocycles. The molecule has 1 aliphatic heterocycles. The van der Waals surface area contributed by atoms with Crippen LogP contribution in [0.1, 0.15) is 42.5 Å². The van der Waals surface area contributed by atoms with Gasteiger partial charge in [-0.25, -0.2) is 0 Å². The van der Waals surface area contributed by atoms with Gasteiger partial charge in [-0.2, -0.15) is 0 Å². The van der Waals surface area contributed by atoms with Crippen LogP contribution < -0.4 is 4.90 Å². The van der Waals surface area contributed by atoms with Crippen molar-refractivity contribution in [1.82, 2.24) is 4.90 Å². The SMILES string of the molecule is CO[C@@H]1CCC[C@@]12CCCN(C(=O)c1cccc(N(C)C)c1)C2.O=CO. The number of carbonyl (C=O) groups is 2. The van der Waals surface area contributed by atoms with Gasteiger partial charge in [0.1, 0.15) is 0 Å². The highest BCUT2D eigenvalue weighted by Gasteiger charge is 2.46. The van der Waals surface area contributed by atoms with Crippen molar-refractivity contribution < 1.29 is 19.4 Å². The maximum Gasteiger partial charge on any atom is 0.290 e. The predicted molar refractivity (Wildman–Crippen MR) is 102 cm³/mol. The van der Waals surface area contributed by atoms with Gasteiger partial charge in [-0.1, -0.05) is 12.5 Å². The minimum absolute atomic E-state index is 0.162. The second-order valence-corrected chi connectivity index (χ2v) is 7.36. The molecule has 6 heteroatoms. The third kappa shape index (κ3) is 4.36. The first-order valence-corrected chi connectivity index (χ1v) is 9.15. The van der Waals surface area contributed by atoms with Crippen molar-refractivity contribution in [1.29, 1.82) is 0 Å². The fourth-order valence-electron chi connectivity index (χ4n) is 4.37. The van der Waals surface area contributed by atoms with Gasteiger partial charge in [0, 0.05) is 51.0 Å². The van der Waals surface area contributed by atoms with E-state index in [0.717, 1.165) is 37.2 Å².